The first-order valence-corrected chi connectivity index (χ1v) is 5.50. The van der Waals surface area contributed by atoms with Gasteiger partial charge in [0.05, 0.1) is 17.8 Å². The van der Waals surface area contributed by atoms with E-state index in [4.69, 9.17) is 4.74 Å². The van der Waals surface area contributed by atoms with Crippen molar-refractivity contribution in [2.24, 2.45) is 5.92 Å². The molecule has 1 aliphatic carbocycles. The van der Waals surface area contributed by atoms with E-state index in [0.29, 0.717) is 5.92 Å². The second-order valence-corrected chi connectivity index (χ2v) is 4.81. The number of rotatable bonds is 0. The molecule has 1 aliphatic heterocycles. The summed E-state index contributed by atoms with van der Waals surface area (Å²) in [6.07, 6.45) is 5.67. The summed E-state index contributed by atoms with van der Waals surface area (Å²) in [6.45, 7) is 4.25. The molecule has 13 heavy (non-hydrogen) atoms. The molecule has 4 atom stereocenters. The van der Waals surface area contributed by atoms with Gasteiger partial charge in [0.2, 0.25) is 0 Å². The topological polar surface area (TPSA) is 29.5 Å². The van der Waals surface area contributed by atoms with E-state index in [-0.39, 0.29) is 17.8 Å². The summed E-state index contributed by atoms with van der Waals surface area (Å²) in [5.41, 5.74) is 0.0249. The summed E-state index contributed by atoms with van der Waals surface area (Å²) in [4.78, 5) is 0. The Morgan fingerprint density at radius 1 is 1.31 bits per heavy atom. The van der Waals surface area contributed by atoms with Gasteiger partial charge in [0, 0.05) is 6.42 Å². The molecule has 4 unspecified atom stereocenters. The lowest BCUT2D eigenvalue weighted by Gasteiger charge is -2.39. The first kappa shape index (κ1) is 9.47. The van der Waals surface area contributed by atoms with E-state index in [0.717, 1.165) is 12.8 Å². The lowest BCUT2D eigenvalue weighted by atomic mass is 9.74. The molecule has 76 valence electrons. The number of ether oxygens (including phenoxy) is 1. The molecule has 0 radical (unpaired) electrons. The Bertz CT molecular complexity index is 181. The van der Waals surface area contributed by atoms with Crippen molar-refractivity contribution in [2.75, 3.05) is 0 Å². The fourth-order valence-electron chi connectivity index (χ4n) is 2.88. The van der Waals surface area contributed by atoms with Gasteiger partial charge in [0.1, 0.15) is 0 Å². The molecule has 1 heterocycles. The van der Waals surface area contributed by atoms with Crippen molar-refractivity contribution >= 4 is 0 Å². The van der Waals surface area contributed by atoms with Gasteiger partial charge in [-0.3, -0.25) is 0 Å². The van der Waals surface area contributed by atoms with Crippen LogP contribution in [0.5, 0.6) is 0 Å². The van der Waals surface area contributed by atoms with E-state index in [1.807, 2.05) is 6.92 Å². The van der Waals surface area contributed by atoms with Crippen LogP contribution < -0.4 is 0 Å². The van der Waals surface area contributed by atoms with Gasteiger partial charge in [0.15, 0.2) is 0 Å². The first-order chi connectivity index (χ1) is 6.14. The highest BCUT2D eigenvalue weighted by Gasteiger charge is 2.48. The number of hydrogen-bond donors (Lipinski definition) is 1. The number of aliphatic hydroxyl groups is 1. The van der Waals surface area contributed by atoms with Crippen molar-refractivity contribution in [1.29, 1.82) is 0 Å². The zero-order valence-corrected chi connectivity index (χ0v) is 8.62. The molecule has 1 saturated carbocycles. The van der Waals surface area contributed by atoms with Crippen LogP contribution in [0.3, 0.4) is 0 Å². The second-order valence-electron chi connectivity index (χ2n) is 4.81. The second kappa shape index (κ2) is 3.25. The van der Waals surface area contributed by atoms with E-state index in [1.54, 1.807) is 0 Å². The zero-order valence-electron chi connectivity index (χ0n) is 8.62. The highest BCUT2D eigenvalue weighted by atomic mass is 16.5. The van der Waals surface area contributed by atoms with Crippen LogP contribution in [0.15, 0.2) is 0 Å². The van der Waals surface area contributed by atoms with Gasteiger partial charge >= 0.3 is 0 Å². The third kappa shape index (κ3) is 1.50. The van der Waals surface area contributed by atoms with Gasteiger partial charge in [-0.25, -0.2) is 0 Å². The van der Waals surface area contributed by atoms with Crippen LogP contribution in [0, 0.1) is 5.92 Å². The Kier molecular flexibility index (Phi) is 2.37. The van der Waals surface area contributed by atoms with Gasteiger partial charge in [-0.05, 0) is 25.7 Å². The Balaban J connectivity index is 2.11. The number of aliphatic hydroxyl groups excluding tert-OH is 1. The Labute approximate surface area is 80.3 Å². The molecule has 0 aromatic heterocycles. The van der Waals surface area contributed by atoms with Crippen LogP contribution >= 0.6 is 0 Å². The van der Waals surface area contributed by atoms with E-state index in [9.17, 15) is 5.11 Å². The molecule has 1 spiro atoms. The molecule has 2 nitrogen and oxygen atoms in total. The van der Waals surface area contributed by atoms with Crippen molar-refractivity contribution in [1.82, 2.24) is 0 Å². The summed E-state index contributed by atoms with van der Waals surface area (Å²) < 4.78 is 5.96. The molecule has 2 aliphatic rings. The summed E-state index contributed by atoms with van der Waals surface area (Å²) in [5.74, 6) is 0.626. The highest BCUT2D eigenvalue weighted by Crippen LogP contribution is 2.45. The standard InChI is InChI=1S/C11H20O2/c1-8-5-3-4-6-11(8)7-10(12)9(2)13-11/h8-10,12H,3-7H2,1-2H3. The SMILES string of the molecule is CC1OC2(CCCCC2C)CC1O. The average molecular weight is 184 g/mol. The molecule has 2 fully saturated rings. The van der Waals surface area contributed by atoms with Gasteiger partial charge in [0.25, 0.3) is 0 Å². The van der Waals surface area contributed by atoms with Crippen LogP contribution in [0.2, 0.25) is 0 Å². The van der Waals surface area contributed by atoms with Crippen LogP contribution in [-0.4, -0.2) is 22.9 Å². The molecule has 2 rings (SSSR count). The molecule has 1 saturated heterocycles. The molecular weight excluding hydrogens is 164 g/mol. The third-order valence-corrected chi connectivity index (χ3v) is 3.90. The van der Waals surface area contributed by atoms with Crippen molar-refractivity contribution in [2.45, 2.75) is 63.8 Å². The highest BCUT2D eigenvalue weighted by molar-refractivity contribution is 4.98. The predicted molar refractivity (Wildman–Crippen MR) is 51.5 cm³/mol. The largest absolute Gasteiger partial charge is 0.390 e. The maximum atomic E-state index is 9.71. The van der Waals surface area contributed by atoms with E-state index in [1.165, 1.54) is 19.3 Å². The zero-order chi connectivity index (χ0) is 9.47. The van der Waals surface area contributed by atoms with E-state index < -0.39 is 0 Å². The molecule has 0 amide bonds. The normalized spacial score (nSPS) is 51.5. The predicted octanol–water partition coefficient (Wildman–Crippen LogP) is 2.11. The Hall–Kier alpha value is -0.0800. The molecule has 2 heteroatoms. The van der Waals surface area contributed by atoms with Crippen molar-refractivity contribution in [3.05, 3.63) is 0 Å². The third-order valence-electron chi connectivity index (χ3n) is 3.90. The molecule has 0 aromatic carbocycles. The summed E-state index contributed by atoms with van der Waals surface area (Å²) in [6, 6.07) is 0. The quantitative estimate of drug-likeness (QED) is 0.624. The maximum Gasteiger partial charge on any atom is 0.0827 e. The minimum Gasteiger partial charge on any atom is -0.390 e. The van der Waals surface area contributed by atoms with Crippen LogP contribution in [0.1, 0.15) is 46.0 Å². The first-order valence-electron chi connectivity index (χ1n) is 5.50. The molecule has 0 aromatic rings. The van der Waals surface area contributed by atoms with Crippen molar-refractivity contribution in [3.63, 3.8) is 0 Å². The molecule has 1 N–H and O–H groups in total. The van der Waals surface area contributed by atoms with Crippen LogP contribution in [0.4, 0.5) is 0 Å². The van der Waals surface area contributed by atoms with Gasteiger partial charge in [-0.15, -0.1) is 0 Å². The summed E-state index contributed by atoms with van der Waals surface area (Å²) in [5, 5.41) is 9.71. The molecular formula is C11H20O2. The molecule has 0 bridgehead atoms. The van der Waals surface area contributed by atoms with E-state index in [2.05, 4.69) is 6.92 Å². The summed E-state index contributed by atoms with van der Waals surface area (Å²) in [7, 11) is 0. The van der Waals surface area contributed by atoms with Crippen LogP contribution in [0.25, 0.3) is 0 Å². The number of hydrogen-bond acceptors (Lipinski definition) is 2. The Morgan fingerprint density at radius 2 is 2.08 bits per heavy atom. The van der Waals surface area contributed by atoms with Gasteiger partial charge in [-0.2, -0.15) is 0 Å². The smallest absolute Gasteiger partial charge is 0.0827 e. The summed E-state index contributed by atoms with van der Waals surface area (Å²) >= 11 is 0. The fourth-order valence-corrected chi connectivity index (χ4v) is 2.88. The lowest BCUT2D eigenvalue weighted by molar-refractivity contribution is -0.0937. The lowest BCUT2D eigenvalue weighted by Crippen LogP contribution is -2.39. The van der Waals surface area contributed by atoms with E-state index >= 15 is 0 Å². The van der Waals surface area contributed by atoms with Gasteiger partial charge < -0.3 is 9.84 Å². The van der Waals surface area contributed by atoms with Crippen molar-refractivity contribution in [3.8, 4) is 0 Å². The minimum absolute atomic E-state index is 0.0249. The monoisotopic (exact) mass is 184 g/mol. The fraction of sp³-hybridized carbons (Fsp3) is 1.00. The van der Waals surface area contributed by atoms with Crippen molar-refractivity contribution < 1.29 is 9.84 Å². The van der Waals surface area contributed by atoms with Crippen LogP contribution in [-0.2, 0) is 4.74 Å². The minimum atomic E-state index is -0.236. The average Bonchev–Trinajstić information content (AvgIpc) is 2.36. The van der Waals surface area contributed by atoms with Gasteiger partial charge in [-0.1, -0.05) is 19.8 Å². The Morgan fingerprint density at radius 3 is 2.62 bits per heavy atom. The maximum absolute atomic E-state index is 9.71.